The minimum atomic E-state index is 0.150. The highest BCUT2D eigenvalue weighted by Gasteiger charge is 2.20. The molecule has 1 unspecified atom stereocenters. The second-order valence-electron chi connectivity index (χ2n) is 3.77. The van der Waals surface area contributed by atoms with E-state index in [2.05, 4.69) is 15.2 Å². The van der Waals surface area contributed by atoms with E-state index in [-0.39, 0.29) is 6.10 Å². The van der Waals surface area contributed by atoms with Gasteiger partial charge in [-0.05, 0) is 0 Å². The number of aryl methyl sites for hydroxylation is 1. The fourth-order valence-corrected chi connectivity index (χ4v) is 1.90. The van der Waals surface area contributed by atoms with Crippen molar-refractivity contribution in [2.24, 2.45) is 7.05 Å². The summed E-state index contributed by atoms with van der Waals surface area (Å²) in [7, 11) is 1.87. The maximum absolute atomic E-state index is 5.77. The Balaban J connectivity index is 1.88. The third-order valence-electron chi connectivity index (χ3n) is 2.43. The summed E-state index contributed by atoms with van der Waals surface area (Å²) in [4.78, 5) is 2.29. The van der Waals surface area contributed by atoms with Crippen LogP contribution in [0.4, 0.5) is 0 Å². The Morgan fingerprint density at radius 2 is 2.53 bits per heavy atom. The van der Waals surface area contributed by atoms with E-state index < -0.39 is 0 Å². The number of halogens is 1. The summed E-state index contributed by atoms with van der Waals surface area (Å²) in [6, 6.07) is 0. The number of aromatic nitrogens is 3. The van der Waals surface area contributed by atoms with Crippen molar-refractivity contribution in [1.29, 1.82) is 0 Å². The normalized spacial score (nSPS) is 23.2. The molecular formula is C9H15ClN4O. The van der Waals surface area contributed by atoms with E-state index >= 15 is 0 Å². The molecular weight excluding hydrogens is 216 g/mol. The molecule has 1 aliphatic heterocycles. The number of morpholine rings is 1. The largest absolute Gasteiger partial charge is 0.374 e. The summed E-state index contributed by atoms with van der Waals surface area (Å²) in [5.74, 6) is 0.553. The molecule has 0 N–H and O–H groups in total. The van der Waals surface area contributed by atoms with Crippen molar-refractivity contribution in [3.8, 4) is 0 Å². The van der Waals surface area contributed by atoms with Crippen molar-refractivity contribution < 1.29 is 4.74 Å². The zero-order chi connectivity index (χ0) is 10.7. The van der Waals surface area contributed by atoms with E-state index in [1.54, 1.807) is 4.68 Å². The van der Waals surface area contributed by atoms with Gasteiger partial charge >= 0.3 is 0 Å². The summed E-state index contributed by atoms with van der Waals surface area (Å²) in [6.45, 7) is 3.38. The monoisotopic (exact) mass is 230 g/mol. The lowest BCUT2D eigenvalue weighted by molar-refractivity contribution is -0.0197. The zero-order valence-corrected chi connectivity index (χ0v) is 9.52. The molecule has 15 heavy (non-hydrogen) atoms. The Morgan fingerprint density at radius 1 is 1.67 bits per heavy atom. The van der Waals surface area contributed by atoms with Crippen LogP contribution in [0.25, 0.3) is 0 Å². The number of hydrogen-bond acceptors (Lipinski definition) is 4. The van der Waals surface area contributed by atoms with Gasteiger partial charge in [-0.15, -0.1) is 16.7 Å². The van der Waals surface area contributed by atoms with Crippen LogP contribution in [0.15, 0.2) is 6.20 Å². The molecule has 6 heteroatoms. The third kappa shape index (κ3) is 2.90. The van der Waals surface area contributed by atoms with Crippen LogP contribution in [0, 0.1) is 0 Å². The lowest BCUT2D eigenvalue weighted by Gasteiger charge is -2.31. The van der Waals surface area contributed by atoms with Crippen LogP contribution in [0.5, 0.6) is 0 Å². The predicted octanol–water partition coefficient (Wildman–Crippen LogP) is 0.255. The summed E-state index contributed by atoms with van der Waals surface area (Å²) in [5, 5.41) is 7.96. The smallest absolute Gasteiger partial charge is 0.0967 e. The van der Waals surface area contributed by atoms with Gasteiger partial charge in [0.05, 0.1) is 18.4 Å². The van der Waals surface area contributed by atoms with E-state index in [4.69, 9.17) is 16.3 Å². The third-order valence-corrected chi connectivity index (χ3v) is 2.77. The predicted molar refractivity (Wildman–Crippen MR) is 56.7 cm³/mol. The Morgan fingerprint density at radius 3 is 3.20 bits per heavy atom. The molecule has 0 aliphatic carbocycles. The first-order valence-corrected chi connectivity index (χ1v) is 5.56. The summed E-state index contributed by atoms with van der Waals surface area (Å²) >= 11 is 5.77. The first-order chi connectivity index (χ1) is 7.28. The van der Waals surface area contributed by atoms with Gasteiger partial charge in [0.25, 0.3) is 0 Å². The minimum Gasteiger partial charge on any atom is -0.374 e. The van der Waals surface area contributed by atoms with Crippen molar-refractivity contribution in [3.63, 3.8) is 0 Å². The van der Waals surface area contributed by atoms with E-state index in [0.717, 1.165) is 31.9 Å². The number of hydrogen-bond donors (Lipinski definition) is 0. The van der Waals surface area contributed by atoms with E-state index in [0.29, 0.717) is 5.88 Å². The molecule has 0 bridgehead atoms. The molecule has 0 spiro atoms. The molecule has 0 saturated carbocycles. The van der Waals surface area contributed by atoms with E-state index in [9.17, 15) is 0 Å². The highest BCUT2D eigenvalue weighted by Crippen LogP contribution is 2.09. The maximum Gasteiger partial charge on any atom is 0.0967 e. The lowest BCUT2D eigenvalue weighted by Crippen LogP contribution is -2.42. The van der Waals surface area contributed by atoms with Gasteiger partial charge in [-0.2, -0.15) is 0 Å². The Labute approximate surface area is 94.0 Å². The molecule has 2 heterocycles. The van der Waals surface area contributed by atoms with Gasteiger partial charge in [-0.1, -0.05) is 5.21 Å². The van der Waals surface area contributed by atoms with Gasteiger partial charge in [0.2, 0.25) is 0 Å². The van der Waals surface area contributed by atoms with Crippen molar-refractivity contribution in [3.05, 3.63) is 11.9 Å². The van der Waals surface area contributed by atoms with Crippen LogP contribution in [0.2, 0.25) is 0 Å². The van der Waals surface area contributed by atoms with Crippen molar-refractivity contribution in [1.82, 2.24) is 19.9 Å². The lowest BCUT2D eigenvalue weighted by atomic mass is 10.3. The first-order valence-electron chi connectivity index (χ1n) is 5.03. The highest BCUT2D eigenvalue weighted by atomic mass is 35.5. The molecule has 2 rings (SSSR count). The molecule has 1 fully saturated rings. The Kier molecular flexibility index (Phi) is 3.56. The van der Waals surface area contributed by atoms with Crippen molar-refractivity contribution >= 4 is 11.6 Å². The summed E-state index contributed by atoms with van der Waals surface area (Å²) in [5.41, 5.74) is 0.993. The average molecular weight is 231 g/mol. The van der Waals surface area contributed by atoms with Crippen LogP contribution >= 0.6 is 11.6 Å². The molecule has 1 saturated heterocycles. The molecule has 1 aromatic rings. The van der Waals surface area contributed by atoms with Gasteiger partial charge < -0.3 is 4.74 Å². The molecule has 0 aromatic carbocycles. The van der Waals surface area contributed by atoms with Gasteiger partial charge in [0.15, 0.2) is 0 Å². The second kappa shape index (κ2) is 4.92. The molecule has 1 aromatic heterocycles. The first kappa shape index (κ1) is 10.9. The van der Waals surface area contributed by atoms with Crippen LogP contribution in [0.1, 0.15) is 5.69 Å². The quantitative estimate of drug-likeness (QED) is 0.699. The zero-order valence-electron chi connectivity index (χ0n) is 8.77. The summed E-state index contributed by atoms with van der Waals surface area (Å²) in [6.07, 6.45) is 2.09. The van der Waals surface area contributed by atoms with Crippen LogP contribution in [-0.2, 0) is 18.3 Å². The molecule has 0 amide bonds. The SMILES string of the molecule is Cn1cc(CN2CCOC(CCl)C2)nn1. The molecule has 84 valence electrons. The molecule has 1 atom stereocenters. The number of nitrogens with zero attached hydrogens (tertiary/aromatic N) is 4. The van der Waals surface area contributed by atoms with Gasteiger partial charge in [-0.3, -0.25) is 9.58 Å². The highest BCUT2D eigenvalue weighted by molar-refractivity contribution is 6.18. The number of ether oxygens (including phenoxy) is 1. The summed E-state index contributed by atoms with van der Waals surface area (Å²) < 4.78 is 7.20. The molecule has 1 aliphatic rings. The van der Waals surface area contributed by atoms with Crippen molar-refractivity contribution in [2.45, 2.75) is 12.6 Å². The number of alkyl halides is 1. The Bertz CT molecular complexity index is 317. The van der Waals surface area contributed by atoms with E-state index in [1.807, 2.05) is 13.2 Å². The van der Waals surface area contributed by atoms with Crippen molar-refractivity contribution in [2.75, 3.05) is 25.6 Å². The molecule has 5 nitrogen and oxygen atoms in total. The van der Waals surface area contributed by atoms with E-state index in [1.165, 1.54) is 0 Å². The van der Waals surface area contributed by atoms with Crippen LogP contribution < -0.4 is 0 Å². The average Bonchev–Trinajstić information content (AvgIpc) is 2.64. The number of rotatable bonds is 3. The second-order valence-corrected chi connectivity index (χ2v) is 4.07. The van der Waals surface area contributed by atoms with Crippen LogP contribution in [-0.4, -0.2) is 51.6 Å². The van der Waals surface area contributed by atoms with Gasteiger partial charge in [0, 0.05) is 38.8 Å². The minimum absolute atomic E-state index is 0.150. The van der Waals surface area contributed by atoms with Gasteiger partial charge in [-0.25, -0.2) is 0 Å². The molecule has 0 radical (unpaired) electrons. The standard InChI is InChI=1S/C9H15ClN4O/c1-13-5-8(11-12-13)6-14-2-3-15-9(4-10)7-14/h5,9H,2-4,6-7H2,1H3. The van der Waals surface area contributed by atoms with Gasteiger partial charge in [0.1, 0.15) is 0 Å². The maximum atomic E-state index is 5.77. The van der Waals surface area contributed by atoms with Crippen LogP contribution in [0.3, 0.4) is 0 Å². The fraction of sp³-hybridized carbons (Fsp3) is 0.778. The topological polar surface area (TPSA) is 43.2 Å². The Hall–Kier alpha value is -0.650. The fourth-order valence-electron chi connectivity index (χ4n) is 1.71.